The number of amides is 1. The molecule has 1 N–H and O–H groups in total. The summed E-state index contributed by atoms with van der Waals surface area (Å²) >= 11 is 3.49. The van der Waals surface area contributed by atoms with Gasteiger partial charge in [-0.1, -0.05) is 0 Å². The monoisotopic (exact) mass is 332 g/mol. The van der Waals surface area contributed by atoms with Crippen LogP contribution in [0.15, 0.2) is 34.3 Å². The van der Waals surface area contributed by atoms with Crippen LogP contribution in [0, 0.1) is 0 Å². The maximum atomic E-state index is 11.9. The van der Waals surface area contributed by atoms with E-state index in [1.54, 1.807) is 17.4 Å². The lowest BCUT2D eigenvalue weighted by molar-refractivity contribution is -0.116. The SMILES string of the molecule is CC(CNC(=O)/C=C/c1ccsc1)N1CCc2sccc2C1. The second-order valence-electron chi connectivity index (χ2n) is 5.57. The van der Waals surface area contributed by atoms with Crippen LogP contribution in [0.4, 0.5) is 0 Å². The molecule has 0 aromatic carbocycles. The molecule has 3 heterocycles. The van der Waals surface area contributed by atoms with Gasteiger partial charge in [0.15, 0.2) is 0 Å². The lowest BCUT2D eigenvalue weighted by Gasteiger charge is -2.32. The highest BCUT2D eigenvalue weighted by atomic mass is 32.1. The molecule has 3 rings (SSSR count). The summed E-state index contributed by atoms with van der Waals surface area (Å²) in [6.45, 7) is 4.95. The Morgan fingerprint density at radius 2 is 2.36 bits per heavy atom. The summed E-state index contributed by atoms with van der Waals surface area (Å²) in [6, 6.07) is 4.58. The molecule has 0 aliphatic carbocycles. The van der Waals surface area contributed by atoms with Crippen molar-refractivity contribution in [3.63, 3.8) is 0 Å². The van der Waals surface area contributed by atoms with Crippen molar-refractivity contribution in [1.29, 1.82) is 0 Å². The van der Waals surface area contributed by atoms with Gasteiger partial charge < -0.3 is 5.32 Å². The Labute approximate surface area is 139 Å². The molecule has 2 aromatic heterocycles. The van der Waals surface area contributed by atoms with Crippen LogP contribution in [-0.2, 0) is 17.8 Å². The number of hydrogen-bond acceptors (Lipinski definition) is 4. The molecule has 1 aliphatic heterocycles. The number of carbonyl (C=O) groups is 1. The first kappa shape index (κ1) is 15.5. The van der Waals surface area contributed by atoms with E-state index in [0.717, 1.165) is 25.1 Å². The predicted molar refractivity (Wildman–Crippen MR) is 94.3 cm³/mol. The van der Waals surface area contributed by atoms with Crippen LogP contribution in [0.1, 0.15) is 22.9 Å². The van der Waals surface area contributed by atoms with Gasteiger partial charge in [0.05, 0.1) is 0 Å². The molecular weight excluding hydrogens is 312 g/mol. The summed E-state index contributed by atoms with van der Waals surface area (Å²) in [5, 5.41) is 9.21. The first-order valence-corrected chi connectivity index (χ1v) is 9.32. The smallest absolute Gasteiger partial charge is 0.244 e. The van der Waals surface area contributed by atoms with Gasteiger partial charge in [-0.05, 0) is 58.8 Å². The van der Waals surface area contributed by atoms with Crippen LogP contribution in [0.25, 0.3) is 6.08 Å². The third-order valence-corrected chi connectivity index (χ3v) is 5.73. The highest BCUT2D eigenvalue weighted by molar-refractivity contribution is 7.10. The van der Waals surface area contributed by atoms with Gasteiger partial charge in [-0.25, -0.2) is 0 Å². The summed E-state index contributed by atoms with van der Waals surface area (Å²) in [7, 11) is 0. The number of carbonyl (C=O) groups excluding carboxylic acids is 1. The van der Waals surface area contributed by atoms with E-state index in [0.29, 0.717) is 12.6 Å². The molecule has 1 amide bonds. The van der Waals surface area contributed by atoms with Crippen molar-refractivity contribution >= 4 is 34.7 Å². The van der Waals surface area contributed by atoms with Crippen molar-refractivity contribution in [2.75, 3.05) is 13.1 Å². The van der Waals surface area contributed by atoms with Gasteiger partial charge in [0.25, 0.3) is 0 Å². The molecule has 0 saturated heterocycles. The van der Waals surface area contributed by atoms with Crippen LogP contribution in [0.2, 0.25) is 0 Å². The van der Waals surface area contributed by atoms with Crippen molar-refractivity contribution in [3.05, 3.63) is 50.4 Å². The molecule has 22 heavy (non-hydrogen) atoms. The maximum Gasteiger partial charge on any atom is 0.244 e. The van der Waals surface area contributed by atoms with E-state index in [4.69, 9.17) is 0 Å². The fourth-order valence-corrected chi connectivity index (χ4v) is 4.14. The van der Waals surface area contributed by atoms with Crippen LogP contribution < -0.4 is 5.32 Å². The molecule has 1 unspecified atom stereocenters. The maximum absolute atomic E-state index is 11.9. The molecular formula is C17H20N2OS2. The van der Waals surface area contributed by atoms with Crippen molar-refractivity contribution in [2.45, 2.75) is 25.9 Å². The van der Waals surface area contributed by atoms with Crippen LogP contribution in [0.5, 0.6) is 0 Å². The molecule has 0 fully saturated rings. The minimum atomic E-state index is -0.0220. The summed E-state index contributed by atoms with van der Waals surface area (Å²) < 4.78 is 0. The average molecular weight is 332 g/mol. The Bertz CT molecular complexity index is 645. The standard InChI is InChI=1S/C17H20N2OS2/c1-13(19-7-4-16-15(11-19)6-9-22-16)10-18-17(20)3-2-14-5-8-21-12-14/h2-3,5-6,8-9,12-13H,4,7,10-11H2,1H3,(H,18,20)/b3-2+. The Morgan fingerprint density at radius 1 is 1.45 bits per heavy atom. The van der Waals surface area contributed by atoms with Gasteiger partial charge in [-0.3, -0.25) is 9.69 Å². The molecule has 5 heteroatoms. The third kappa shape index (κ3) is 3.85. The molecule has 0 saturated carbocycles. The van der Waals surface area contributed by atoms with Gasteiger partial charge >= 0.3 is 0 Å². The van der Waals surface area contributed by atoms with Gasteiger partial charge in [-0.2, -0.15) is 11.3 Å². The fourth-order valence-electron chi connectivity index (χ4n) is 2.62. The van der Waals surface area contributed by atoms with E-state index in [1.165, 1.54) is 10.4 Å². The molecule has 116 valence electrons. The zero-order valence-electron chi connectivity index (χ0n) is 12.6. The first-order chi connectivity index (χ1) is 10.7. The molecule has 1 atom stereocenters. The number of fused-ring (bicyclic) bond motifs is 1. The number of thiophene rings is 2. The highest BCUT2D eigenvalue weighted by Gasteiger charge is 2.21. The zero-order chi connectivity index (χ0) is 15.4. The van der Waals surface area contributed by atoms with E-state index < -0.39 is 0 Å². The largest absolute Gasteiger partial charge is 0.351 e. The van der Waals surface area contributed by atoms with Gasteiger partial charge in [0.2, 0.25) is 5.91 Å². The Kier molecular flexibility index (Phi) is 5.08. The number of rotatable bonds is 5. The third-order valence-electron chi connectivity index (χ3n) is 4.00. The van der Waals surface area contributed by atoms with Crippen molar-refractivity contribution < 1.29 is 4.79 Å². The van der Waals surface area contributed by atoms with Crippen molar-refractivity contribution in [1.82, 2.24) is 10.2 Å². The van der Waals surface area contributed by atoms with Gasteiger partial charge in [-0.15, -0.1) is 11.3 Å². The quantitative estimate of drug-likeness (QED) is 0.851. The van der Waals surface area contributed by atoms with E-state index in [9.17, 15) is 4.79 Å². The van der Waals surface area contributed by atoms with Crippen molar-refractivity contribution in [3.8, 4) is 0 Å². The molecule has 2 aromatic rings. The van der Waals surface area contributed by atoms with E-state index in [2.05, 4.69) is 28.6 Å². The first-order valence-electron chi connectivity index (χ1n) is 7.50. The normalized spacial score (nSPS) is 16.6. The van der Waals surface area contributed by atoms with E-state index >= 15 is 0 Å². The zero-order valence-corrected chi connectivity index (χ0v) is 14.3. The second-order valence-corrected chi connectivity index (χ2v) is 7.35. The molecule has 1 aliphatic rings. The van der Waals surface area contributed by atoms with Gasteiger partial charge in [0, 0.05) is 36.6 Å². The molecule has 0 radical (unpaired) electrons. The number of nitrogens with zero attached hydrogens (tertiary/aromatic N) is 1. The molecule has 0 spiro atoms. The Balaban J connectivity index is 1.46. The van der Waals surface area contributed by atoms with Crippen molar-refractivity contribution in [2.24, 2.45) is 0 Å². The number of hydrogen-bond donors (Lipinski definition) is 1. The lowest BCUT2D eigenvalue weighted by atomic mass is 10.1. The number of nitrogens with one attached hydrogen (secondary N) is 1. The predicted octanol–water partition coefficient (Wildman–Crippen LogP) is 3.39. The minimum absolute atomic E-state index is 0.0220. The summed E-state index contributed by atoms with van der Waals surface area (Å²) in [4.78, 5) is 15.8. The Morgan fingerprint density at radius 3 is 3.18 bits per heavy atom. The van der Waals surface area contributed by atoms with Crippen LogP contribution in [-0.4, -0.2) is 29.9 Å². The fraction of sp³-hybridized carbons (Fsp3) is 0.353. The summed E-state index contributed by atoms with van der Waals surface area (Å²) in [5.41, 5.74) is 2.53. The van der Waals surface area contributed by atoms with Crippen LogP contribution >= 0.6 is 22.7 Å². The van der Waals surface area contributed by atoms with E-state index in [1.807, 2.05) is 34.2 Å². The lowest BCUT2D eigenvalue weighted by Crippen LogP contribution is -2.43. The summed E-state index contributed by atoms with van der Waals surface area (Å²) in [5.74, 6) is -0.0220. The second kappa shape index (κ2) is 7.22. The topological polar surface area (TPSA) is 32.3 Å². The van der Waals surface area contributed by atoms with E-state index in [-0.39, 0.29) is 5.91 Å². The summed E-state index contributed by atoms with van der Waals surface area (Å²) in [6.07, 6.45) is 4.60. The van der Waals surface area contributed by atoms with Gasteiger partial charge in [0.1, 0.15) is 0 Å². The van der Waals surface area contributed by atoms with Crippen LogP contribution in [0.3, 0.4) is 0 Å². The Hall–Kier alpha value is -1.43. The average Bonchev–Trinajstić information content (AvgIpc) is 3.20. The highest BCUT2D eigenvalue weighted by Crippen LogP contribution is 2.24. The molecule has 0 bridgehead atoms. The molecule has 3 nitrogen and oxygen atoms in total. The minimum Gasteiger partial charge on any atom is -0.351 e.